The number of amides is 2. The number of likely N-dealkylation sites (N-methyl/N-ethyl adjacent to an activating group) is 1. The highest BCUT2D eigenvalue weighted by molar-refractivity contribution is 5.93. The van der Waals surface area contributed by atoms with E-state index in [0.29, 0.717) is 13.1 Å². The molecule has 26 heavy (non-hydrogen) atoms. The Hall–Kier alpha value is -2.14. The molecular weight excluding hydrogens is 326 g/mol. The van der Waals surface area contributed by atoms with Gasteiger partial charge in [0, 0.05) is 26.2 Å². The highest BCUT2D eigenvalue weighted by Gasteiger charge is 2.55. The summed E-state index contributed by atoms with van der Waals surface area (Å²) in [4.78, 5) is 31.9. The number of carbonyl (C=O) groups is 2. The molecule has 1 spiro atoms. The number of likely N-dealkylation sites (tertiary alicyclic amines) is 1. The van der Waals surface area contributed by atoms with E-state index in [9.17, 15) is 9.59 Å². The van der Waals surface area contributed by atoms with Crippen molar-refractivity contribution in [3.8, 4) is 0 Å². The van der Waals surface area contributed by atoms with Crippen molar-refractivity contribution in [3.05, 3.63) is 48.6 Å². The minimum atomic E-state index is -0.336. The number of rotatable bonds is 3. The van der Waals surface area contributed by atoms with Gasteiger partial charge in [-0.2, -0.15) is 0 Å². The molecule has 0 bridgehead atoms. The number of hydrogen-bond donors (Lipinski definition) is 0. The van der Waals surface area contributed by atoms with E-state index in [0.717, 1.165) is 37.9 Å². The fourth-order valence-electron chi connectivity index (χ4n) is 4.50. The Labute approximate surface area is 155 Å². The van der Waals surface area contributed by atoms with E-state index in [2.05, 4.69) is 30.7 Å². The van der Waals surface area contributed by atoms with Gasteiger partial charge < -0.3 is 14.7 Å². The minimum absolute atomic E-state index is 0.0406. The number of hydrogen-bond acceptors (Lipinski definition) is 3. The summed E-state index contributed by atoms with van der Waals surface area (Å²) in [6, 6.07) is 9.93. The number of nitrogens with zero attached hydrogens (tertiary/aromatic N) is 3. The van der Waals surface area contributed by atoms with Gasteiger partial charge in [-0.1, -0.05) is 36.9 Å². The van der Waals surface area contributed by atoms with Gasteiger partial charge in [-0.25, -0.2) is 0 Å². The SMILES string of the molecule is C=CC(=O)N1CC2(CC2)C[C@H]1C(=O)N1CCN(C)CC1c1ccccc1. The number of piperazine rings is 1. The van der Waals surface area contributed by atoms with E-state index in [4.69, 9.17) is 0 Å². The van der Waals surface area contributed by atoms with Crippen molar-refractivity contribution < 1.29 is 9.59 Å². The van der Waals surface area contributed by atoms with Gasteiger partial charge >= 0.3 is 0 Å². The van der Waals surface area contributed by atoms with Crippen molar-refractivity contribution in [2.75, 3.05) is 33.2 Å². The van der Waals surface area contributed by atoms with Crippen LogP contribution in [-0.4, -0.2) is 65.8 Å². The first kappa shape index (κ1) is 17.3. The van der Waals surface area contributed by atoms with Gasteiger partial charge in [0.1, 0.15) is 6.04 Å². The molecule has 138 valence electrons. The van der Waals surface area contributed by atoms with Crippen molar-refractivity contribution >= 4 is 11.8 Å². The van der Waals surface area contributed by atoms with Crippen LogP contribution in [0.15, 0.2) is 43.0 Å². The third-order valence-corrected chi connectivity index (χ3v) is 6.26. The standard InChI is InChI=1S/C21H27N3O2/c1-3-19(25)24-15-21(9-10-21)13-17(24)20(26)23-12-11-22(2)14-18(23)16-7-5-4-6-8-16/h3-8,17-18H,1,9-15H2,2H3/t17-,18?/m0/s1. The normalized spacial score (nSPS) is 27.6. The topological polar surface area (TPSA) is 43.9 Å². The zero-order valence-electron chi connectivity index (χ0n) is 15.4. The Morgan fingerprint density at radius 3 is 2.54 bits per heavy atom. The minimum Gasteiger partial charge on any atom is -0.331 e. The molecule has 5 nitrogen and oxygen atoms in total. The Morgan fingerprint density at radius 1 is 1.15 bits per heavy atom. The first-order valence-corrected chi connectivity index (χ1v) is 9.50. The second-order valence-electron chi connectivity index (χ2n) is 8.11. The van der Waals surface area contributed by atoms with E-state index in [1.807, 2.05) is 23.1 Å². The van der Waals surface area contributed by atoms with Gasteiger partial charge in [0.25, 0.3) is 0 Å². The molecule has 1 aromatic rings. The van der Waals surface area contributed by atoms with Crippen LogP contribution in [0.25, 0.3) is 0 Å². The third-order valence-electron chi connectivity index (χ3n) is 6.26. The van der Waals surface area contributed by atoms with E-state index in [1.165, 1.54) is 6.08 Å². The summed E-state index contributed by atoms with van der Waals surface area (Å²) in [5, 5.41) is 0. The summed E-state index contributed by atoms with van der Waals surface area (Å²) in [6.07, 6.45) is 4.41. The van der Waals surface area contributed by atoms with Crippen molar-refractivity contribution in [1.82, 2.24) is 14.7 Å². The van der Waals surface area contributed by atoms with Gasteiger partial charge in [-0.15, -0.1) is 0 Å². The molecule has 5 heteroatoms. The molecule has 1 aliphatic carbocycles. The molecule has 0 N–H and O–H groups in total. The monoisotopic (exact) mass is 353 g/mol. The van der Waals surface area contributed by atoms with E-state index in [-0.39, 0.29) is 29.3 Å². The van der Waals surface area contributed by atoms with Crippen molar-refractivity contribution in [2.24, 2.45) is 5.41 Å². The van der Waals surface area contributed by atoms with Crippen molar-refractivity contribution in [3.63, 3.8) is 0 Å². The molecule has 2 heterocycles. The van der Waals surface area contributed by atoms with Gasteiger partial charge in [-0.3, -0.25) is 9.59 Å². The lowest BCUT2D eigenvalue weighted by molar-refractivity contribution is -0.145. The zero-order chi connectivity index (χ0) is 18.3. The van der Waals surface area contributed by atoms with Crippen molar-refractivity contribution in [2.45, 2.75) is 31.3 Å². The smallest absolute Gasteiger partial charge is 0.246 e. The van der Waals surface area contributed by atoms with Crippen LogP contribution >= 0.6 is 0 Å². The van der Waals surface area contributed by atoms with Crippen LogP contribution in [0.4, 0.5) is 0 Å². The lowest BCUT2D eigenvalue weighted by Crippen LogP contribution is -2.54. The molecule has 0 radical (unpaired) electrons. The molecule has 4 rings (SSSR count). The largest absolute Gasteiger partial charge is 0.331 e. The van der Waals surface area contributed by atoms with Gasteiger partial charge in [0.2, 0.25) is 11.8 Å². The molecule has 3 fully saturated rings. The molecule has 2 saturated heterocycles. The summed E-state index contributed by atoms with van der Waals surface area (Å²) in [5.74, 6) is -0.0107. The average Bonchev–Trinajstić information content (AvgIpc) is 3.31. The predicted octanol–water partition coefficient (Wildman–Crippen LogP) is 2.07. The molecular formula is C21H27N3O2. The lowest BCUT2D eigenvalue weighted by Gasteiger charge is -2.42. The first-order chi connectivity index (χ1) is 12.5. The molecule has 0 aromatic heterocycles. The molecule has 2 amide bonds. The summed E-state index contributed by atoms with van der Waals surface area (Å²) in [6.45, 7) is 6.72. The maximum absolute atomic E-state index is 13.5. The van der Waals surface area contributed by atoms with Crippen molar-refractivity contribution in [1.29, 1.82) is 0 Å². The third kappa shape index (κ3) is 3.05. The van der Waals surface area contributed by atoms with Crippen LogP contribution < -0.4 is 0 Å². The fraction of sp³-hybridized carbons (Fsp3) is 0.524. The van der Waals surface area contributed by atoms with E-state index >= 15 is 0 Å². The van der Waals surface area contributed by atoms with Crippen LogP contribution in [0.1, 0.15) is 30.9 Å². The maximum atomic E-state index is 13.5. The Kier molecular flexibility index (Phi) is 4.35. The first-order valence-electron chi connectivity index (χ1n) is 9.50. The molecule has 2 aliphatic heterocycles. The van der Waals surface area contributed by atoms with Gasteiger partial charge in [0.05, 0.1) is 6.04 Å². The predicted molar refractivity (Wildman–Crippen MR) is 100 cm³/mol. The fourth-order valence-corrected chi connectivity index (χ4v) is 4.50. The summed E-state index contributed by atoms with van der Waals surface area (Å²) < 4.78 is 0. The quantitative estimate of drug-likeness (QED) is 0.782. The summed E-state index contributed by atoms with van der Waals surface area (Å²) in [5.41, 5.74) is 1.35. The second kappa shape index (κ2) is 6.54. The Bertz CT molecular complexity index is 713. The van der Waals surface area contributed by atoms with Gasteiger partial charge in [0.15, 0.2) is 0 Å². The zero-order valence-corrected chi connectivity index (χ0v) is 15.4. The summed E-state index contributed by atoms with van der Waals surface area (Å²) in [7, 11) is 2.10. The van der Waals surface area contributed by atoms with Crippen LogP contribution in [0, 0.1) is 5.41 Å². The molecule has 1 unspecified atom stereocenters. The molecule has 2 atom stereocenters. The van der Waals surface area contributed by atoms with E-state index < -0.39 is 0 Å². The summed E-state index contributed by atoms with van der Waals surface area (Å²) >= 11 is 0. The highest BCUT2D eigenvalue weighted by Crippen LogP contribution is 2.55. The van der Waals surface area contributed by atoms with E-state index in [1.54, 1.807) is 4.90 Å². The van der Waals surface area contributed by atoms with Crippen LogP contribution in [-0.2, 0) is 9.59 Å². The number of carbonyl (C=O) groups excluding carboxylic acids is 2. The lowest BCUT2D eigenvalue weighted by atomic mass is 9.98. The van der Waals surface area contributed by atoms with Crippen LogP contribution in [0.5, 0.6) is 0 Å². The highest BCUT2D eigenvalue weighted by atomic mass is 16.2. The Morgan fingerprint density at radius 2 is 1.88 bits per heavy atom. The van der Waals surface area contributed by atoms with Gasteiger partial charge in [-0.05, 0) is 43.4 Å². The second-order valence-corrected chi connectivity index (χ2v) is 8.11. The average molecular weight is 353 g/mol. The van der Waals surface area contributed by atoms with Crippen LogP contribution in [0.3, 0.4) is 0 Å². The Balaban J connectivity index is 1.60. The maximum Gasteiger partial charge on any atom is 0.246 e. The molecule has 1 saturated carbocycles. The van der Waals surface area contributed by atoms with Crippen LogP contribution in [0.2, 0.25) is 0 Å². The molecule has 1 aromatic carbocycles. The number of benzene rings is 1. The molecule has 3 aliphatic rings.